The fourth-order valence-corrected chi connectivity index (χ4v) is 3.92. The maximum Gasteiger partial charge on any atom is 0.163 e. The second-order valence-corrected chi connectivity index (χ2v) is 6.74. The van der Waals surface area contributed by atoms with Crippen molar-refractivity contribution >= 4 is 11.6 Å². The Bertz CT molecular complexity index is 799. The van der Waals surface area contributed by atoms with Crippen molar-refractivity contribution in [2.45, 2.75) is 37.9 Å². The van der Waals surface area contributed by atoms with Crippen LogP contribution in [0.5, 0.6) is 0 Å². The van der Waals surface area contributed by atoms with E-state index < -0.39 is 6.10 Å². The summed E-state index contributed by atoms with van der Waals surface area (Å²) in [5, 5.41) is 10.4. The van der Waals surface area contributed by atoms with Gasteiger partial charge in [0.05, 0.1) is 18.6 Å². The Balaban J connectivity index is 0.00000196. The van der Waals surface area contributed by atoms with Crippen LogP contribution in [0.3, 0.4) is 0 Å². The summed E-state index contributed by atoms with van der Waals surface area (Å²) in [6, 6.07) is 9.09. The monoisotopic (exact) mass is 428 g/mol. The van der Waals surface area contributed by atoms with Gasteiger partial charge in [-0.25, -0.2) is 0 Å². The number of furan rings is 1. The van der Waals surface area contributed by atoms with Crippen LogP contribution < -0.4 is 0 Å². The summed E-state index contributed by atoms with van der Waals surface area (Å²) in [5.74, 6) is 0.152. The fraction of sp³-hybridized carbons (Fsp3) is 0.400. The van der Waals surface area contributed by atoms with Crippen molar-refractivity contribution in [2.75, 3.05) is 6.61 Å². The van der Waals surface area contributed by atoms with Crippen LogP contribution in [0.4, 0.5) is 0 Å². The van der Waals surface area contributed by atoms with Gasteiger partial charge in [-0.15, -0.1) is 6.07 Å². The minimum atomic E-state index is -0.715. The van der Waals surface area contributed by atoms with Gasteiger partial charge in [-0.2, -0.15) is 6.07 Å². The van der Waals surface area contributed by atoms with Crippen LogP contribution in [0.1, 0.15) is 46.0 Å². The Kier molecular flexibility index (Phi) is 6.23. The summed E-state index contributed by atoms with van der Waals surface area (Å²) in [6.07, 6.45) is 3.29. The van der Waals surface area contributed by atoms with E-state index >= 15 is 0 Å². The number of rotatable bonds is 5. The van der Waals surface area contributed by atoms with Crippen LogP contribution in [-0.2, 0) is 55.3 Å². The summed E-state index contributed by atoms with van der Waals surface area (Å²) in [4.78, 5) is 24.1. The van der Waals surface area contributed by atoms with Gasteiger partial charge in [0.1, 0.15) is 5.78 Å². The van der Waals surface area contributed by atoms with Crippen molar-refractivity contribution in [1.82, 2.24) is 0 Å². The molecular formula is C20H19O5Y-. The minimum Gasteiger partial charge on any atom is -0.593 e. The number of aryl methyl sites for hydroxylation is 1. The van der Waals surface area contributed by atoms with E-state index in [0.717, 1.165) is 23.1 Å². The average molecular weight is 428 g/mol. The number of aliphatic hydroxyl groups excluding tert-OH is 1. The zero-order chi connectivity index (χ0) is 17.4. The van der Waals surface area contributed by atoms with E-state index in [1.165, 1.54) is 0 Å². The third kappa shape index (κ3) is 3.77. The predicted octanol–water partition coefficient (Wildman–Crippen LogP) is 2.46. The van der Waals surface area contributed by atoms with Gasteiger partial charge in [-0.3, -0.25) is 9.59 Å². The molecule has 2 aromatic rings. The summed E-state index contributed by atoms with van der Waals surface area (Å²) in [5.41, 5.74) is 2.69. The van der Waals surface area contributed by atoms with Gasteiger partial charge < -0.3 is 14.3 Å². The van der Waals surface area contributed by atoms with Crippen LogP contribution in [0.15, 0.2) is 34.7 Å². The quantitative estimate of drug-likeness (QED) is 0.741. The molecule has 2 aliphatic rings. The largest absolute Gasteiger partial charge is 0.593 e. The number of Topliss-reactive ketones (excluding diaryl/α,β-unsaturated/α-hetero) is 2. The number of hydrogen-bond acceptors (Lipinski definition) is 5. The first kappa shape index (κ1) is 19.6. The second-order valence-electron chi connectivity index (χ2n) is 6.74. The molecule has 1 radical (unpaired) electrons. The van der Waals surface area contributed by atoms with Gasteiger partial charge in [0.2, 0.25) is 0 Å². The Labute approximate surface area is 177 Å². The standard InChI is InChI=1S/C20H19O5.Y/c21-17-6-4-12-8-13(3-5-15(12)17)20-16(18(22)9-19(20)23)11-24-10-14-2-1-7-25-14;/h1-3,5,8,16,19-20,23H,4,6,9-11H2;/q-1;/t16?,19-,20?;/m1./s1. The zero-order valence-electron chi connectivity index (χ0n) is 14.3. The average Bonchev–Trinajstić information content (AvgIpc) is 3.29. The molecule has 0 saturated heterocycles. The van der Waals surface area contributed by atoms with Crippen LogP contribution in [0.25, 0.3) is 0 Å². The molecule has 0 aliphatic heterocycles. The molecule has 26 heavy (non-hydrogen) atoms. The summed E-state index contributed by atoms with van der Waals surface area (Å²) in [7, 11) is 0. The van der Waals surface area contributed by atoms with Gasteiger partial charge >= 0.3 is 0 Å². The SMILES string of the molecule is O=C1CCc2cc(C3C(COCc4cc[c-]o4)C(=O)C[C@H]3O)ccc21.[Y]. The number of fused-ring (bicyclic) bond motifs is 1. The molecule has 1 aromatic carbocycles. The van der Waals surface area contributed by atoms with E-state index in [2.05, 4.69) is 6.26 Å². The number of carbonyl (C=O) groups excluding carboxylic acids is 2. The normalized spacial score (nSPS) is 24.6. The maximum absolute atomic E-state index is 12.3. The van der Waals surface area contributed by atoms with Crippen molar-refractivity contribution in [2.24, 2.45) is 5.92 Å². The van der Waals surface area contributed by atoms with E-state index in [4.69, 9.17) is 9.15 Å². The van der Waals surface area contributed by atoms with E-state index in [1.54, 1.807) is 12.1 Å². The molecule has 2 aliphatic carbocycles. The number of aliphatic hydroxyl groups is 1. The zero-order valence-corrected chi connectivity index (χ0v) is 17.2. The topological polar surface area (TPSA) is 76.7 Å². The molecule has 5 nitrogen and oxygen atoms in total. The van der Waals surface area contributed by atoms with Crippen LogP contribution in [-0.4, -0.2) is 29.4 Å². The molecule has 133 valence electrons. The molecule has 0 spiro atoms. The molecule has 1 fully saturated rings. The molecule has 1 saturated carbocycles. The van der Waals surface area contributed by atoms with Crippen LogP contribution in [0.2, 0.25) is 0 Å². The summed E-state index contributed by atoms with van der Waals surface area (Å²) >= 11 is 0. The molecule has 0 amide bonds. The van der Waals surface area contributed by atoms with Gasteiger partial charge in [-0.05, 0) is 29.6 Å². The van der Waals surface area contributed by atoms with Crippen LogP contribution in [0, 0.1) is 12.2 Å². The Hall–Kier alpha value is -1.14. The van der Waals surface area contributed by atoms with E-state index in [1.807, 2.05) is 18.2 Å². The number of carbonyl (C=O) groups is 2. The molecule has 6 heteroatoms. The number of ketones is 2. The van der Waals surface area contributed by atoms with Crippen molar-refractivity contribution in [3.05, 3.63) is 59.0 Å². The van der Waals surface area contributed by atoms with Gasteiger partial charge in [-0.1, -0.05) is 18.2 Å². The van der Waals surface area contributed by atoms with Crippen molar-refractivity contribution < 1.29 is 56.6 Å². The molecule has 0 bridgehead atoms. The Morgan fingerprint density at radius 2 is 2.08 bits per heavy atom. The number of benzene rings is 1. The van der Waals surface area contributed by atoms with E-state index in [9.17, 15) is 14.7 Å². The first-order valence-electron chi connectivity index (χ1n) is 8.53. The molecular weight excluding hydrogens is 409 g/mol. The molecule has 1 heterocycles. The number of ether oxygens (including phenoxy) is 1. The first-order valence-corrected chi connectivity index (χ1v) is 8.53. The molecule has 2 unspecified atom stereocenters. The Morgan fingerprint density at radius 1 is 1.23 bits per heavy atom. The predicted molar refractivity (Wildman–Crippen MR) is 88.2 cm³/mol. The fourth-order valence-electron chi connectivity index (χ4n) is 3.92. The minimum absolute atomic E-state index is 0. The van der Waals surface area contributed by atoms with Crippen molar-refractivity contribution in [3.63, 3.8) is 0 Å². The molecule has 3 atom stereocenters. The second kappa shape index (κ2) is 8.26. The Morgan fingerprint density at radius 3 is 2.85 bits per heavy atom. The number of hydrogen-bond donors (Lipinski definition) is 1. The van der Waals surface area contributed by atoms with Gasteiger partial charge in [0.15, 0.2) is 5.78 Å². The molecule has 4 rings (SSSR count). The first-order chi connectivity index (χ1) is 12.1. The molecule has 1 aromatic heterocycles. The van der Waals surface area contributed by atoms with Gasteiger partial charge in [0, 0.05) is 63.6 Å². The maximum atomic E-state index is 12.3. The molecule has 1 N–H and O–H groups in total. The van der Waals surface area contributed by atoms with Crippen LogP contribution >= 0.6 is 0 Å². The van der Waals surface area contributed by atoms with E-state index in [0.29, 0.717) is 12.2 Å². The van der Waals surface area contributed by atoms with Gasteiger partial charge in [0.25, 0.3) is 0 Å². The van der Waals surface area contributed by atoms with Crippen molar-refractivity contribution in [3.8, 4) is 0 Å². The van der Waals surface area contributed by atoms with E-state index in [-0.39, 0.29) is 75.7 Å². The van der Waals surface area contributed by atoms with Crippen molar-refractivity contribution in [1.29, 1.82) is 0 Å². The summed E-state index contributed by atoms with van der Waals surface area (Å²) in [6.45, 7) is 0.506. The third-order valence-corrected chi connectivity index (χ3v) is 5.18. The summed E-state index contributed by atoms with van der Waals surface area (Å²) < 4.78 is 10.7. The third-order valence-electron chi connectivity index (χ3n) is 5.18. The smallest absolute Gasteiger partial charge is 0.163 e.